The molecule has 1 unspecified atom stereocenters. The topological polar surface area (TPSA) is 96.0 Å². The van der Waals surface area contributed by atoms with Crippen LogP contribution in [-0.4, -0.2) is 24.1 Å². The Hall–Kier alpha value is -2.78. The number of primary amides is 1. The largest absolute Gasteiger partial charge is 0.366 e. The van der Waals surface area contributed by atoms with E-state index in [4.69, 9.17) is 11.0 Å². The van der Waals surface area contributed by atoms with Crippen molar-refractivity contribution in [3.05, 3.63) is 70.8 Å². The Kier molecular flexibility index (Phi) is 7.24. The molecule has 0 aliphatic carbocycles. The normalized spacial score (nSPS) is 11.4. The molecule has 0 aliphatic rings. The maximum absolute atomic E-state index is 12.6. The molecule has 26 heavy (non-hydrogen) atoms. The highest BCUT2D eigenvalue weighted by molar-refractivity contribution is 7.98. The number of amides is 2. The number of benzene rings is 2. The van der Waals surface area contributed by atoms with E-state index in [1.807, 2.05) is 18.2 Å². The molecule has 2 aromatic rings. The van der Waals surface area contributed by atoms with E-state index in [-0.39, 0.29) is 12.5 Å². The molecule has 2 amide bonds. The van der Waals surface area contributed by atoms with Crippen LogP contribution >= 0.6 is 11.8 Å². The number of nitrogens with zero attached hydrogens (tertiary/aromatic N) is 1. The van der Waals surface area contributed by atoms with Crippen LogP contribution in [-0.2, 0) is 10.5 Å². The molecule has 0 heterocycles. The van der Waals surface area contributed by atoms with Crippen molar-refractivity contribution in [3.63, 3.8) is 0 Å². The molecule has 2 rings (SSSR count). The van der Waals surface area contributed by atoms with Gasteiger partial charge in [0.25, 0.3) is 0 Å². The Morgan fingerprint density at radius 2 is 1.88 bits per heavy atom. The zero-order valence-electron chi connectivity index (χ0n) is 14.6. The SMILES string of the molecule is Cc1ccccc1CSCC(C(=O)NCC#N)c1ccccc1C(N)=O. The van der Waals surface area contributed by atoms with Crippen LogP contribution in [0.5, 0.6) is 0 Å². The Bertz CT molecular complexity index is 830. The number of rotatable bonds is 8. The van der Waals surface area contributed by atoms with Gasteiger partial charge in [0.2, 0.25) is 11.8 Å². The van der Waals surface area contributed by atoms with Gasteiger partial charge in [0.1, 0.15) is 6.54 Å². The number of carbonyl (C=O) groups is 2. The summed E-state index contributed by atoms with van der Waals surface area (Å²) in [6.45, 7) is 1.98. The second-order valence-corrected chi connectivity index (χ2v) is 6.85. The molecular weight excluding hydrogens is 346 g/mol. The van der Waals surface area contributed by atoms with E-state index in [0.717, 1.165) is 5.75 Å². The average molecular weight is 367 g/mol. The van der Waals surface area contributed by atoms with Crippen LogP contribution in [0, 0.1) is 18.3 Å². The molecule has 0 saturated heterocycles. The van der Waals surface area contributed by atoms with Gasteiger partial charge < -0.3 is 11.1 Å². The highest BCUT2D eigenvalue weighted by Crippen LogP contribution is 2.27. The van der Waals surface area contributed by atoms with Crippen LogP contribution in [0.3, 0.4) is 0 Å². The minimum atomic E-state index is -0.567. The Balaban J connectivity index is 2.19. The van der Waals surface area contributed by atoms with E-state index < -0.39 is 11.8 Å². The van der Waals surface area contributed by atoms with Crippen molar-refractivity contribution in [1.82, 2.24) is 5.32 Å². The van der Waals surface area contributed by atoms with Gasteiger partial charge in [-0.15, -0.1) is 0 Å². The van der Waals surface area contributed by atoms with Gasteiger partial charge >= 0.3 is 0 Å². The smallest absolute Gasteiger partial charge is 0.249 e. The van der Waals surface area contributed by atoms with Gasteiger partial charge in [-0.05, 0) is 29.7 Å². The molecule has 5 nitrogen and oxygen atoms in total. The zero-order chi connectivity index (χ0) is 18.9. The number of nitrogens with one attached hydrogen (secondary N) is 1. The van der Waals surface area contributed by atoms with Crippen molar-refractivity contribution >= 4 is 23.6 Å². The van der Waals surface area contributed by atoms with E-state index in [9.17, 15) is 9.59 Å². The first-order valence-corrected chi connectivity index (χ1v) is 9.35. The van der Waals surface area contributed by atoms with Crippen molar-refractivity contribution in [2.45, 2.75) is 18.6 Å². The third-order valence-corrected chi connectivity index (χ3v) is 5.15. The van der Waals surface area contributed by atoms with E-state index in [1.165, 1.54) is 11.1 Å². The quantitative estimate of drug-likeness (QED) is 0.701. The van der Waals surface area contributed by atoms with Crippen molar-refractivity contribution in [2.24, 2.45) is 5.73 Å². The number of carbonyl (C=O) groups excluding carboxylic acids is 2. The van der Waals surface area contributed by atoms with Crippen LogP contribution in [0.15, 0.2) is 48.5 Å². The molecule has 0 aliphatic heterocycles. The number of thioether (sulfide) groups is 1. The lowest BCUT2D eigenvalue weighted by molar-refractivity contribution is -0.121. The lowest BCUT2D eigenvalue weighted by Gasteiger charge is -2.18. The summed E-state index contributed by atoms with van der Waals surface area (Å²) < 4.78 is 0. The molecule has 3 N–H and O–H groups in total. The number of nitriles is 1. The number of hydrogen-bond donors (Lipinski definition) is 2. The second kappa shape index (κ2) is 9.64. The summed E-state index contributed by atoms with van der Waals surface area (Å²) in [5, 5.41) is 11.3. The van der Waals surface area contributed by atoms with Gasteiger partial charge in [-0.1, -0.05) is 42.5 Å². The molecule has 0 radical (unpaired) electrons. The van der Waals surface area contributed by atoms with Gasteiger partial charge in [0.15, 0.2) is 0 Å². The zero-order valence-corrected chi connectivity index (χ0v) is 15.4. The molecule has 6 heteroatoms. The third-order valence-electron chi connectivity index (χ3n) is 4.06. The predicted octanol–water partition coefficient (Wildman–Crippen LogP) is 2.75. The monoisotopic (exact) mass is 367 g/mol. The molecule has 0 aromatic heterocycles. The minimum Gasteiger partial charge on any atom is -0.366 e. The molecule has 0 bridgehead atoms. The van der Waals surface area contributed by atoms with E-state index in [2.05, 4.69) is 24.4 Å². The average Bonchev–Trinajstić information content (AvgIpc) is 2.64. The maximum atomic E-state index is 12.6. The lowest BCUT2D eigenvalue weighted by atomic mass is 9.94. The van der Waals surface area contributed by atoms with Crippen molar-refractivity contribution in [1.29, 1.82) is 5.26 Å². The minimum absolute atomic E-state index is 0.0729. The van der Waals surface area contributed by atoms with E-state index >= 15 is 0 Å². The Morgan fingerprint density at radius 1 is 1.19 bits per heavy atom. The van der Waals surface area contributed by atoms with Crippen LogP contribution in [0.2, 0.25) is 0 Å². The van der Waals surface area contributed by atoms with Gasteiger partial charge in [-0.2, -0.15) is 17.0 Å². The third kappa shape index (κ3) is 5.11. The van der Waals surface area contributed by atoms with Crippen molar-refractivity contribution in [2.75, 3.05) is 12.3 Å². The fourth-order valence-corrected chi connectivity index (χ4v) is 3.87. The van der Waals surface area contributed by atoms with E-state index in [0.29, 0.717) is 16.9 Å². The fourth-order valence-electron chi connectivity index (χ4n) is 2.64. The highest BCUT2D eigenvalue weighted by atomic mass is 32.2. The second-order valence-electron chi connectivity index (χ2n) is 5.82. The number of hydrogen-bond acceptors (Lipinski definition) is 4. The summed E-state index contributed by atoms with van der Waals surface area (Å²) in [7, 11) is 0. The molecule has 1 atom stereocenters. The molecule has 0 spiro atoms. The predicted molar refractivity (Wildman–Crippen MR) is 104 cm³/mol. The van der Waals surface area contributed by atoms with Gasteiger partial charge in [0, 0.05) is 17.1 Å². The van der Waals surface area contributed by atoms with Crippen LogP contribution < -0.4 is 11.1 Å². The summed E-state index contributed by atoms with van der Waals surface area (Å²) in [4.78, 5) is 24.3. The number of nitrogens with two attached hydrogens (primary N) is 1. The Labute approximate surface area is 157 Å². The van der Waals surface area contributed by atoms with Gasteiger partial charge in [-0.3, -0.25) is 9.59 Å². The standard InChI is InChI=1S/C20H21N3O2S/c1-14-6-2-3-7-15(14)12-26-13-18(20(25)23-11-10-21)16-8-4-5-9-17(16)19(22)24/h2-9,18H,11-13H2,1H3,(H2,22,24)(H,23,25). The number of aryl methyl sites for hydroxylation is 1. The van der Waals surface area contributed by atoms with Crippen molar-refractivity contribution < 1.29 is 9.59 Å². The molecule has 2 aromatic carbocycles. The van der Waals surface area contributed by atoms with Crippen molar-refractivity contribution in [3.8, 4) is 6.07 Å². The first kappa shape index (κ1) is 19.5. The summed E-state index contributed by atoms with van der Waals surface area (Å²) in [5.74, 6) is -0.162. The van der Waals surface area contributed by atoms with E-state index in [1.54, 1.807) is 36.0 Å². The Morgan fingerprint density at radius 3 is 2.58 bits per heavy atom. The summed E-state index contributed by atoms with van der Waals surface area (Å²) >= 11 is 1.61. The first-order chi connectivity index (χ1) is 12.5. The molecule has 134 valence electrons. The van der Waals surface area contributed by atoms with Crippen LogP contribution in [0.1, 0.15) is 33.0 Å². The van der Waals surface area contributed by atoms with Gasteiger partial charge in [0.05, 0.1) is 12.0 Å². The summed E-state index contributed by atoms with van der Waals surface area (Å²) in [5.41, 5.74) is 8.79. The summed E-state index contributed by atoms with van der Waals surface area (Å²) in [6.07, 6.45) is 0. The van der Waals surface area contributed by atoms with Crippen LogP contribution in [0.25, 0.3) is 0 Å². The molecular formula is C20H21N3O2S. The summed E-state index contributed by atoms with van der Waals surface area (Å²) in [6, 6.07) is 16.8. The molecule has 0 fully saturated rings. The fraction of sp³-hybridized carbons (Fsp3) is 0.250. The lowest BCUT2D eigenvalue weighted by Crippen LogP contribution is -2.32. The molecule has 0 saturated carbocycles. The van der Waals surface area contributed by atoms with Crippen LogP contribution in [0.4, 0.5) is 0 Å². The first-order valence-electron chi connectivity index (χ1n) is 8.20. The highest BCUT2D eigenvalue weighted by Gasteiger charge is 2.24. The maximum Gasteiger partial charge on any atom is 0.249 e. The van der Waals surface area contributed by atoms with Gasteiger partial charge in [-0.25, -0.2) is 0 Å².